The number of rotatable bonds is 6. The van der Waals surface area contributed by atoms with E-state index in [9.17, 15) is 0 Å². The van der Waals surface area contributed by atoms with Crippen molar-refractivity contribution >= 4 is 15.9 Å². The summed E-state index contributed by atoms with van der Waals surface area (Å²) in [5.74, 6) is 0. The molecule has 90 valence electrons. The molecule has 16 heavy (non-hydrogen) atoms. The van der Waals surface area contributed by atoms with Crippen molar-refractivity contribution < 1.29 is 4.74 Å². The highest BCUT2D eigenvalue weighted by Gasteiger charge is 2.02. The third kappa shape index (κ3) is 4.64. The lowest BCUT2D eigenvalue weighted by atomic mass is 10.1. The van der Waals surface area contributed by atoms with Gasteiger partial charge in [-0.1, -0.05) is 28.1 Å². The summed E-state index contributed by atoms with van der Waals surface area (Å²) in [7, 11) is 0. The summed E-state index contributed by atoms with van der Waals surface area (Å²) in [4.78, 5) is 0. The average Bonchev–Trinajstić information content (AvgIpc) is 2.28. The number of hydrogen-bond donors (Lipinski definition) is 1. The van der Waals surface area contributed by atoms with E-state index in [1.54, 1.807) is 0 Å². The van der Waals surface area contributed by atoms with Gasteiger partial charge in [-0.3, -0.25) is 0 Å². The maximum Gasteiger partial charge on any atom is 0.0616 e. The van der Waals surface area contributed by atoms with Crippen LogP contribution in [0.2, 0.25) is 0 Å². The first-order chi connectivity index (χ1) is 7.63. The highest BCUT2D eigenvalue weighted by Crippen LogP contribution is 2.17. The summed E-state index contributed by atoms with van der Waals surface area (Å²) >= 11 is 3.54. The van der Waals surface area contributed by atoms with Gasteiger partial charge in [-0.25, -0.2) is 0 Å². The zero-order valence-corrected chi connectivity index (χ0v) is 11.8. The Morgan fingerprint density at radius 3 is 2.81 bits per heavy atom. The molecule has 0 aliphatic carbocycles. The molecule has 3 heteroatoms. The van der Waals surface area contributed by atoms with Crippen LogP contribution < -0.4 is 5.32 Å². The standard InChI is InChI=1S/C13H20BrNO/c1-4-16-9-11(3)15-8-12-6-5-10(2)13(14)7-12/h5-7,11,15H,4,8-9H2,1-3H3. The van der Waals surface area contributed by atoms with E-state index in [-0.39, 0.29) is 0 Å². The van der Waals surface area contributed by atoms with Crippen molar-refractivity contribution in [1.82, 2.24) is 5.32 Å². The van der Waals surface area contributed by atoms with Crippen molar-refractivity contribution in [3.8, 4) is 0 Å². The Labute approximate surface area is 107 Å². The smallest absolute Gasteiger partial charge is 0.0616 e. The molecular formula is C13H20BrNO. The van der Waals surface area contributed by atoms with Gasteiger partial charge in [0, 0.05) is 23.7 Å². The van der Waals surface area contributed by atoms with Gasteiger partial charge in [-0.05, 0) is 38.0 Å². The second-order valence-electron chi connectivity index (χ2n) is 4.02. The minimum atomic E-state index is 0.389. The van der Waals surface area contributed by atoms with E-state index in [4.69, 9.17) is 4.74 Å². The quantitative estimate of drug-likeness (QED) is 0.866. The van der Waals surface area contributed by atoms with Gasteiger partial charge in [0.05, 0.1) is 6.61 Å². The van der Waals surface area contributed by atoms with Crippen LogP contribution in [0.5, 0.6) is 0 Å². The fourth-order valence-electron chi connectivity index (χ4n) is 1.39. The second-order valence-corrected chi connectivity index (χ2v) is 4.88. The zero-order chi connectivity index (χ0) is 12.0. The molecule has 0 aliphatic rings. The molecule has 0 spiro atoms. The average molecular weight is 286 g/mol. The number of hydrogen-bond acceptors (Lipinski definition) is 2. The normalized spacial score (nSPS) is 12.8. The molecule has 0 heterocycles. The highest BCUT2D eigenvalue weighted by atomic mass is 79.9. The van der Waals surface area contributed by atoms with Crippen molar-refractivity contribution in [3.05, 3.63) is 33.8 Å². The zero-order valence-electron chi connectivity index (χ0n) is 10.2. The Kier molecular flexibility index (Phi) is 6.03. The molecule has 0 saturated carbocycles. The lowest BCUT2D eigenvalue weighted by Gasteiger charge is -2.14. The Morgan fingerprint density at radius 1 is 1.44 bits per heavy atom. The first-order valence-electron chi connectivity index (χ1n) is 5.69. The summed E-state index contributed by atoms with van der Waals surface area (Å²) in [6, 6.07) is 6.84. The molecule has 2 nitrogen and oxygen atoms in total. The van der Waals surface area contributed by atoms with Gasteiger partial charge in [0.15, 0.2) is 0 Å². The van der Waals surface area contributed by atoms with E-state index in [0.717, 1.165) is 19.8 Å². The molecule has 0 radical (unpaired) electrons. The molecule has 1 atom stereocenters. The summed E-state index contributed by atoms with van der Waals surface area (Å²) in [6.07, 6.45) is 0. The van der Waals surface area contributed by atoms with E-state index >= 15 is 0 Å². The van der Waals surface area contributed by atoms with Crippen molar-refractivity contribution in [2.75, 3.05) is 13.2 Å². The van der Waals surface area contributed by atoms with Crippen LogP contribution in [0, 0.1) is 6.92 Å². The van der Waals surface area contributed by atoms with Crippen LogP contribution in [0.3, 0.4) is 0 Å². The minimum Gasteiger partial charge on any atom is -0.380 e. The Bertz CT molecular complexity index is 328. The van der Waals surface area contributed by atoms with Gasteiger partial charge in [0.1, 0.15) is 0 Å². The van der Waals surface area contributed by atoms with Crippen LogP contribution in [0.4, 0.5) is 0 Å². The van der Waals surface area contributed by atoms with Gasteiger partial charge >= 0.3 is 0 Å². The van der Waals surface area contributed by atoms with Gasteiger partial charge in [-0.2, -0.15) is 0 Å². The molecule has 0 bridgehead atoms. The molecule has 0 saturated heterocycles. The predicted molar refractivity (Wildman–Crippen MR) is 71.7 cm³/mol. The lowest BCUT2D eigenvalue weighted by molar-refractivity contribution is 0.127. The van der Waals surface area contributed by atoms with Crippen LogP contribution in [0.15, 0.2) is 22.7 Å². The fraction of sp³-hybridized carbons (Fsp3) is 0.538. The van der Waals surface area contributed by atoms with Crippen molar-refractivity contribution in [1.29, 1.82) is 0 Å². The molecule has 0 amide bonds. The Hall–Kier alpha value is -0.380. The molecule has 1 rings (SSSR count). The van der Waals surface area contributed by atoms with E-state index < -0.39 is 0 Å². The first kappa shape index (κ1) is 13.7. The van der Waals surface area contributed by atoms with Gasteiger partial charge in [-0.15, -0.1) is 0 Å². The molecule has 0 aromatic heterocycles. The number of aryl methyl sites for hydroxylation is 1. The monoisotopic (exact) mass is 285 g/mol. The molecule has 1 aromatic carbocycles. The van der Waals surface area contributed by atoms with Crippen LogP contribution in [-0.4, -0.2) is 19.3 Å². The van der Waals surface area contributed by atoms with E-state index in [1.165, 1.54) is 15.6 Å². The minimum absolute atomic E-state index is 0.389. The summed E-state index contributed by atoms with van der Waals surface area (Å²) in [5.41, 5.74) is 2.56. The number of halogens is 1. The van der Waals surface area contributed by atoms with Crippen LogP contribution >= 0.6 is 15.9 Å². The summed E-state index contributed by atoms with van der Waals surface area (Å²) < 4.78 is 6.53. The second kappa shape index (κ2) is 7.05. The topological polar surface area (TPSA) is 21.3 Å². The van der Waals surface area contributed by atoms with Crippen LogP contribution in [0.1, 0.15) is 25.0 Å². The lowest BCUT2D eigenvalue weighted by Crippen LogP contribution is -2.30. The van der Waals surface area contributed by atoms with Gasteiger partial charge in [0.25, 0.3) is 0 Å². The highest BCUT2D eigenvalue weighted by molar-refractivity contribution is 9.10. The van der Waals surface area contributed by atoms with Crippen molar-refractivity contribution in [2.45, 2.75) is 33.4 Å². The molecular weight excluding hydrogens is 266 g/mol. The molecule has 1 unspecified atom stereocenters. The number of ether oxygens (including phenoxy) is 1. The summed E-state index contributed by atoms with van der Waals surface area (Å²) in [5, 5.41) is 3.43. The van der Waals surface area contributed by atoms with Crippen molar-refractivity contribution in [2.24, 2.45) is 0 Å². The number of benzene rings is 1. The maximum absolute atomic E-state index is 5.35. The maximum atomic E-state index is 5.35. The first-order valence-corrected chi connectivity index (χ1v) is 6.49. The summed E-state index contributed by atoms with van der Waals surface area (Å²) in [6.45, 7) is 8.68. The van der Waals surface area contributed by atoms with Gasteiger partial charge < -0.3 is 10.1 Å². The van der Waals surface area contributed by atoms with E-state index in [2.05, 4.69) is 53.3 Å². The molecule has 0 fully saturated rings. The van der Waals surface area contributed by atoms with Crippen molar-refractivity contribution in [3.63, 3.8) is 0 Å². The molecule has 1 N–H and O–H groups in total. The molecule has 1 aromatic rings. The third-order valence-electron chi connectivity index (χ3n) is 2.46. The van der Waals surface area contributed by atoms with Gasteiger partial charge in [0.2, 0.25) is 0 Å². The Balaban J connectivity index is 2.39. The molecule has 0 aliphatic heterocycles. The van der Waals surface area contributed by atoms with E-state index in [1.807, 2.05) is 6.92 Å². The van der Waals surface area contributed by atoms with E-state index in [0.29, 0.717) is 6.04 Å². The largest absolute Gasteiger partial charge is 0.380 e. The number of nitrogens with one attached hydrogen (secondary N) is 1. The predicted octanol–water partition coefficient (Wildman–Crippen LogP) is 3.27. The third-order valence-corrected chi connectivity index (χ3v) is 3.32. The Morgan fingerprint density at radius 2 is 2.19 bits per heavy atom. The van der Waals surface area contributed by atoms with Crippen LogP contribution in [0.25, 0.3) is 0 Å². The van der Waals surface area contributed by atoms with Crippen LogP contribution in [-0.2, 0) is 11.3 Å². The fourth-order valence-corrected chi connectivity index (χ4v) is 1.82. The SMILES string of the molecule is CCOCC(C)NCc1ccc(C)c(Br)c1.